The van der Waals surface area contributed by atoms with Crippen LogP contribution in [0.5, 0.6) is 0 Å². The molecule has 1 aliphatic rings. The Bertz CT molecular complexity index is 539. The smallest absolute Gasteiger partial charge is 0.191 e. The van der Waals surface area contributed by atoms with Crippen molar-refractivity contribution in [3.8, 4) is 0 Å². The van der Waals surface area contributed by atoms with Gasteiger partial charge in [0.05, 0.1) is 6.61 Å². The molecular formula is C18H29FIN3O2. The average molecular weight is 465 g/mol. The van der Waals surface area contributed by atoms with E-state index < -0.39 is 0 Å². The molecule has 5 nitrogen and oxygen atoms in total. The maximum atomic E-state index is 13.6. The van der Waals surface area contributed by atoms with Gasteiger partial charge in [-0.05, 0) is 42.9 Å². The summed E-state index contributed by atoms with van der Waals surface area (Å²) >= 11 is 0. The van der Waals surface area contributed by atoms with Gasteiger partial charge in [0.25, 0.3) is 0 Å². The van der Waals surface area contributed by atoms with Crippen molar-refractivity contribution in [1.82, 2.24) is 10.6 Å². The van der Waals surface area contributed by atoms with Crippen LogP contribution in [-0.2, 0) is 22.6 Å². The van der Waals surface area contributed by atoms with Crippen LogP contribution in [0.4, 0.5) is 4.39 Å². The first-order chi connectivity index (χ1) is 11.7. The SMILES string of the molecule is CN=C(NCCCOCC1CC1)NCc1ccc(F)c(COC)c1.I. The predicted octanol–water partition coefficient (Wildman–Crippen LogP) is 3.07. The van der Waals surface area contributed by atoms with Crippen molar-refractivity contribution in [2.45, 2.75) is 32.4 Å². The zero-order valence-electron chi connectivity index (χ0n) is 15.0. The number of guanidine groups is 1. The van der Waals surface area contributed by atoms with E-state index >= 15 is 0 Å². The second kappa shape index (κ2) is 12.4. The van der Waals surface area contributed by atoms with Gasteiger partial charge in [0, 0.05) is 46.0 Å². The summed E-state index contributed by atoms with van der Waals surface area (Å²) in [6.45, 7) is 3.34. The highest BCUT2D eigenvalue weighted by molar-refractivity contribution is 14.0. The first kappa shape index (κ1) is 22.1. The predicted molar refractivity (Wildman–Crippen MR) is 109 cm³/mol. The summed E-state index contributed by atoms with van der Waals surface area (Å²) in [7, 11) is 3.30. The fraction of sp³-hybridized carbons (Fsp3) is 0.611. The normalized spacial score (nSPS) is 14.1. The quantitative estimate of drug-likeness (QED) is 0.242. The van der Waals surface area contributed by atoms with Crippen LogP contribution >= 0.6 is 24.0 Å². The van der Waals surface area contributed by atoms with E-state index in [4.69, 9.17) is 9.47 Å². The van der Waals surface area contributed by atoms with Gasteiger partial charge in [-0.3, -0.25) is 4.99 Å². The van der Waals surface area contributed by atoms with Crippen LogP contribution in [-0.4, -0.2) is 39.9 Å². The number of aliphatic imine (C=N–C) groups is 1. The summed E-state index contributed by atoms with van der Waals surface area (Å²) in [5, 5.41) is 6.48. The van der Waals surface area contributed by atoms with Crippen molar-refractivity contribution in [2.75, 3.05) is 33.9 Å². The van der Waals surface area contributed by atoms with E-state index in [9.17, 15) is 4.39 Å². The zero-order chi connectivity index (χ0) is 17.2. The largest absolute Gasteiger partial charge is 0.381 e. The lowest BCUT2D eigenvalue weighted by atomic mass is 10.1. The third-order valence-electron chi connectivity index (χ3n) is 3.90. The summed E-state index contributed by atoms with van der Waals surface area (Å²) in [5.74, 6) is 1.30. The number of hydrogen-bond acceptors (Lipinski definition) is 3. The molecule has 142 valence electrons. The van der Waals surface area contributed by atoms with Gasteiger partial charge in [-0.2, -0.15) is 0 Å². The van der Waals surface area contributed by atoms with Crippen molar-refractivity contribution in [3.63, 3.8) is 0 Å². The van der Waals surface area contributed by atoms with E-state index in [0.717, 1.165) is 43.6 Å². The van der Waals surface area contributed by atoms with Crippen LogP contribution in [0.15, 0.2) is 23.2 Å². The molecule has 0 spiro atoms. The molecule has 1 aliphatic carbocycles. The minimum atomic E-state index is -0.241. The van der Waals surface area contributed by atoms with E-state index in [1.165, 1.54) is 18.9 Å². The monoisotopic (exact) mass is 465 g/mol. The lowest BCUT2D eigenvalue weighted by Crippen LogP contribution is -2.37. The number of benzene rings is 1. The standard InChI is InChI=1S/C18H28FN3O2.HI/c1-20-18(21-8-3-9-24-12-14-4-5-14)22-11-15-6-7-17(19)16(10-15)13-23-2;/h6-7,10,14H,3-5,8-9,11-13H2,1-2H3,(H2,20,21,22);1H. The molecule has 7 heteroatoms. The minimum Gasteiger partial charge on any atom is -0.381 e. The highest BCUT2D eigenvalue weighted by Gasteiger charge is 2.20. The van der Waals surface area contributed by atoms with Gasteiger partial charge in [-0.15, -0.1) is 24.0 Å². The highest BCUT2D eigenvalue weighted by atomic mass is 127. The molecule has 0 aliphatic heterocycles. The summed E-state index contributed by atoms with van der Waals surface area (Å²) < 4.78 is 24.2. The topological polar surface area (TPSA) is 54.9 Å². The van der Waals surface area contributed by atoms with Gasteiger partial charge in [-0.1, -0.05) is 6.07 Å². The second-order valence-corrected chi connectivity index (χ2v) is 6.08. The van der Waals surface area contributed by atoms with E-state index in [-0.39, 0.29) is 36.4 Å². The van der Waals surface area contributed by atoms with Gasteiger partial charge in [0.2, 0.25) is 0 Å². The molecule has 1 aromatic rings. The van der Waals surface area contributed by atoms with Gasteiger partial charge in [0.15, 0.2) is 5.96 Å². The molecule has 25 heavy (non-hydrogen) atoms. The molecule has 0 radical (unpaired) electrons. The van der Waals surface area contributed by atoms with Gasteiger partial charge in [-0.25, -0.2) is 4.39 Å². The van der Waals surface area contributed by atoms with E-state index in [2.05, 4.69) is 15.6 Å². The molecule has 2 rings (SSSR count). The number of ether oxygens (including phenoxy) is 2. The third kappa shape index (κ3) is 8.82. The number of nitrogens with zero attached hydrogens (tertiary/aromatic N) is 1. The van der Waals surface area contributed by atoms with Crippen molar-refractivity contribution in [2.24, 2.45) is 10.9 Å². The molecule has 0 unspecified atom stereocenters. The molecule has 1 saturated carbocycles. The van der Waals surface area contributed by atoms with Crippen molar-refractivity contribution < 1.29 is 13.9 Å². The third-order valence-corrected chi connectivity index (χ3v) is 3.90. The fourth-order valence-corrected chi connectivity index (χ4v) is 2.33. The number of halogens is 2. The van der Waals surface area contributed by atoms with Crippen LogP contribution in [0.2, 0.25) is 0 Å². The molecule has 1 fully saturated rings. The van der Waals surface area contributed by atoms with E-state index in [0.29, 0.717) is 12.1 Å². The summed E-state index contributed by atoms with van der Waals surface area (Å²) in [5.41, 5.74) is 1.55. The second-order valence-electron chi connectivity index (χ2n) is 6.08. The Morgan fingerprint density at radius 3 is 2.80 bits per heavy atom. The Morgan fingerprint density at radius 2 is 2.12 bits per heavy atom. The van der Waals surface area contributed by atoms with Crippen molar-refractivity contribution in [3.05, 3.63) is 35.1 Å². The first-order valence-electron chi connectivity index (χ1n) is 8.51. The maximum absolute atomic E-state index is 13.6. The van der Waals surface area contributed by atoms with Crippen LogP contribution in [0.3, 0.4) is 0 Å². The fourth-order valence-electron chi connectivity index (χ4n) is 2.33. The first-order valence-corrected chi connectivity index (χ1v) is 8.51. The molecule has 0 aromatic heterocycles. The molecular weight excluding hydrogens is 436 g/mol. The number of rotatable bonds is 10. The van der Waals surface area contributed by atoms with Gasteiger partial charge < -0.3 is 20.1 Å². The molecule has 1 aromatic carbocycles. The lowest BCUT2D eigenvalue weighted by molar-refractivity contribution is 0.123. The molecule has 0 bridgehead atoms. The van der Waals surface area contributed by atoms with Crippen molar-refractivity contribution in [1.29, 1.82) is 0 Å². The molecule has 0 saturated heterocycles. The highest BCUT2D eigenvalue weighted by Crippen LogP contribution is 2.28. The van der Waals surface area contributed by atoms with Gasteiger partial charge in [0.1, 0.15) is 5.82 Å². The van der Waals surface area contributed by atoms with Crippen LogP contribution in [0.25, 0.3) is 0 Å². The van der Waals surface area contributed by atoms with Crippen molar-refractivity contribution >= 4 is 29.9 Å². The van der Waals surface area contributed by atoms with E-state index in [1.54, 1.807) is 20.2 Å². The molecule has 0 atom stereocenters. The molecule has 2 N–H and O–H groups in total. The molecule has 0 amide bonds. The number of nitrogens with one attached hydrogen (secondary N) is 2. The Kier molecular flexibility index (Phi) is 11.0. The van der Waals surface area contributed by atoms with Gasteiger partial charge >= 0.3 is 0 Å². The summed E-state index contributed by atoms with van der Waals surface area (Å²) in [4.78, 5) is 4.19. The Labute approximate surface area is 166 Å². The van der Waals surface area contributed by atoms with Crippen LogP contribution in [0.1, 0.15) is 30.4 Å². The van der Waals surface area contributed by atoms with Crippen LogP contribution in [0, 0.1) is 11.7 Å². The Morgan fingerprint density at radius 1 is 1.32 bits per heavy atom. The van der Waals surface area contributed by atoms with Crippen LogP contribution < -0.4 is 10.6 Å². The zero-order valence-corrected chi connectivity index (χ0v) is 17.3. The maximum Gasteiger partial charge on any atom is 0.191 e. The lowest BCUT2D eigenvalue weighted by Gasteiger charge is -2.13. The number of methoxy groups -OCH3 is 1. The average Bonchev–Trinajstić information content (AvgIpc) is 3.40. The summed E-state index contributed by atoms with van der Waals surface area (Å²) in [6, 6.07) is 5.05. The summed E-state index contributed by atoms with van der Waals surface area (Å²) in [6.07, 6.45) is 3.59. The van der Waals surface area contributed by atoms with E-state index in [1.807, 2.05) is 6.07 Å². The Balaban J connectivity index is 0.00000312. The minimum absolute atomic E-state index is 0. The number of hydrogen-bond donors (Lipinski definition) is 2. The molecule has 0 heterocycles. The Hall–Kier alpha value is -0.930.